The van der Waals surface area contributed by atoms with Crippen molar-refractivity contribution in [2.75, 3.05) is 32.8 Å². The van der Waals surface area contributed by atoms with Crippen LogP contribution < -0.4 is 9.47 Å². The molecule has 2 aromatic carbocycles. The van der Waals surface area contributed by atoms with Crippen molar-refractivity contribution in [3.8, 4) is 11.5 Å². The lowest BCUT2D eigenvalue weighted by Gasteiger charge is -2.38. The van der Waals surface area contributed by atoms with Gasteiger partial charge in [0.1, 0.15) is 18.1 Å². The number of benzene rings is 2. The summed E-state index contributed by atoms with van der Waals surface area (Å²) in [6.07, 6.45) is 11.9. The number of likely N-dealkylation sites (tertiary alicyclic amines) is 1. The Labute approximate surface area is 219 Å². The quantitative estimate of drug-likeness (QED) is 0.507. The number of ether oxygens (including phenoxy) is 2. The highest BCUT2D eigenvalue weighted by molar-refractivity contribution is 6.30. The lowest BCUT2D eigenvalue weighted by atomic mass is 9.84. The van der Waals surface area contributed by atoms with E-state index in [1.54, 1.807) is 0 Å². The number of allylic oxidation sites excluding steroid dienone is 1. The maximum absolute atomic E-state index is 11.2. The van der Waals surface area contributed by atoms with Gasteiger partial charge in [-0.15, -0.1) is 0 Å². The summed E-state index contributed by atoms with van der Waals surface area (Å²) in [7, 11) is 0. The minimum atomic E-state index is -0.774. The van der Waals surface area contributed by atoms with Crippen LogP contribution in [-0.4, -0.2) is 55.1 Å². The monoisotopic (exact) mass is 506 g/mol. The summed E-state index contributed by atoms with van der Waals surface area (Å²) >= 11 is 6.03. The van der Waals surface area contributed by atoms with E-state index in [2.05, 4.69) is 30.0 Å². The van der Waals surface area contributed by atoms with E-state index in [9.17, 15) is 5.11 Å². The molecule has 5 nitrogen and oxygen atoms in total. The van der Waals surface area contributed by atoms with Crippen molar-refractivity contribution in [1.82, 2.24) is 4.90 Å². The Morgan fingerprint density at radius 2 is 2.00 bits per heavy atom. The molecule has 0 saturated carbocycles. The van der Waals surface area contributed by atoms with Gasteiger partial charge in [0.15, 0.2) is 0 Å². The SMILES string of the molecule is CCCOc1ccc2c(c1)C(=CCCN1CCC(O)(c3ccc(Cl)cc3)CC1)C1C=CC=NC1CO2. The fourth-order valence-electron chi connectivity index (χ4n) is 5.38. The summed E-state index contributed by atoms with van der Waals surface area (Å²) in [6, 6.07) is 13.8. The smallest absolute Gasteiger partial charge is 0.127 e. The van der Waals surface area contributed by atoms with E-state index < -0.39 is 5.60 Å². The van der Waals surface area contributed by atoms with Gasteiger partial charge in [0.2, 0.25) is 0 Å². The van der Waals surface area contributed by atoms with Crippen molar-refractivity contribution in [2.45, 2.75) is 44.2 Å². The summed E-state index contributed by atoms with van der Waals surface area (Å²) in [5.74, 6) is 1.97. The lowest BCUT2D eigenvalue weighted by Crippen LogP contribution is -2.42. The third-order valence-corrected chi connectivity index (χ3v) is 7.73. The first-order valence-electron chi connectivity index (χ1n) is 13.1. The summed E-state index contributed by atoms with van der Waals surface area (Å²) in [4.78, 5) is 7.16. The fourth-order valence-corrected chi connectivity index (χ4v) is 5.50. The zero-order valence-corrected chi connectivity index (χ0v) is 21.7. The number of aliphatic imine (C=N–C) groups is 1. The van der Waals surface area contributed by atoms with Crippen LogP contribution in [0.25, 0.3) is 5.57 Å². The van der Waals surface area contributed by atoms with E-state index >= 15 is 0 Å². The molecule has 36 heavy (non-hydrogen) atoms. The molecule has 190 valence electrons. The Morgan fingerprint density at radius 3 is 2.78 bits per heavy atom. The molecule has 3 heterocycles. The van der Waals surface area contributed by atoms with E-state index in [0.717, 1.165) is 67.9 Å². The molecule has 3 aliphatic rings. The zero-order chi connectivity index (χ0) is 25.0. The molecule has 0 aromatic heterocycles. The second kappa shape index (κ2) is 11.2. The Morgan fingerprint density at radius 1 is 1.19 bits per heavy atom. The molecule has 2 aromatic rings. The first-order chi connectivity index (χ1) is 17.6. The molecule has 3 aliphatic heterocycles. The van der Waals surface area contributed by atoms with Crippen molar-refractivity contribution >= 4 is 23.4 Å². The topological polar surface area (TPSA) is 54.3 Å². The van der Waals surface area contributed by atoms with E-state index in [1.807, 2.05) is 48.7 Å². The molecular weight excluding hydrogens is 472 g/mol. The molecule has 0 spiro atoms. The van der Waals surface area contributed by atoms with Crippen molar-refractivity contribution in [2.24, 2.45) is 10.9 Å². The molecule has 1 N–H and O–H groups in total. The van der Waals surface area contributed by atoms with Gasteiger partial charge in [0, 0.05) is 42.4 Å². The third kappa shape index (κ3) is 5.54. The number of dihydropyridines is 1. The Bertz CT molecular complexity index is 1130. The number of halogens is 1. The maximum Gasteiger partial charge on any atom is 0.127 e. The molecule has 0 radical (unpaired) electrons. The minimum Gasteiger partial charge on any atom is -0.494 e. The van der Waals surface area contributed by atoms with E-state index in [4.69, 9.17) is 26.1 Å². The van der Waals surface area contributed by atoms with E-state index in [1.165, 1.54) is 5.57 Å². The van der Waals surface area contributed by atoms with Crippen LogP contribution in [0.5, 0.6) is 11.5 Å². The molecule has 0 bridgehead atoms. The predicted octanol–water partition coefficient (Wildman–Crippen LogP) is 5.90. The van der Waals surface area contributed by atoms with Crippen molar-refractivity contribution in [3.63, 3.8) is 0 Å². The van der Waals surface area contributed by atoms with Gasteiger partial charge in [-0.3, -0.25) is 4.99 Å². The van der Waals surface area contributed by atoms with Crippen LogP contribution >= 0.6 is 11.6 Å². The van der Waals surface area contributed by atoms with Crippen LogP contribution in [0.1, 0.15) is 43.7 Å². The summed E-state index contributed by atoms with van der Waals surface area (Å²) in [5.41, 5.74) is 2.55. The van der Waals surface area contributed by atoms with Gasteiger partial charge >= 0.3 is 0 Å². The maximum atomic E-state index is 11.2. The third-order valence-electron chi connectivity index (χ3n) is 7.47. The van der Waals surface area contributed by atoms with Gasteiger partial charge in [-0.1, -0.05) is 42.8 Å². The number of hydrogen-bond acceptors (Lipinski definition) is 5. The molecule has 0 aliphatic carbocycles. The highest BCUT2D eigenvalue weighted by Crippen LogP contribution is 2.41. The first kappa shape index (κ1) is 25.1. The van der Waals surface area contributed by atoms with Gasteiger partial charge in [0.05, 0.1) is 18.2 Å². The lowest BCUT2D eigenvalue weighted by molar-refractivity contribution is -0.0254. The Kier molecular flexibility index (Phi) is 7.80. The van der Waals surface area contributed by atoms with Gasteiger partial charge < -0.3 is 19.5 Å². The van der Waals surface area contributed by atoms with Gasteiger partial charge in [-0.25, -0.2) is 0 Å². The van der Waals surface area contributed by atoms with Crippen LogP contribution in [0, 0.1) is 5.92 Å². The molecule has 6 heteroatoms. The number of fused-ring (bicyclic) bond motifs is 2. The highest BCUT2D eigenvalue weighted by atomic mass is 35.5. The molecule has 5 rings (SSSR count). The molecule has 2 atom stereocenters. The first-order valence-corrected chi connectivity index (χ1v) is 13.4. The summed E-state index contributed by atoms with van der Waals surface area (Å²) in [6.45, 7) is 6.07. The van der Waals surface area contributed by atoms with Crippen LogP contribution in [0.15, 0.2) is 65.7 Å². The standard InChI is InChI=1S/C30H35ClN2O3/c1-2-19-35-24-11-12-29-27(20-24)25(26-5-3-15-32-28(26)21-36-29)6-4-16-33-17-13-30(34,14-18-33)22-7-9-23(31)10-8-22/h3,5-12,15,20,26,28,34H,2,4,13-14,16-19,21H2,1H3. The van der Waals surface area contributed by atoms with Gasteiger partial charge in [-0.2, -0.15) is 0 Å². The number of nitrogens with zero attached hydrogens (tertiary/aromatic N) is 2. The van der Waals surface area contributed by atoms with Crippen molar-refractivity contribution < 1.29 is 14.6 Å². The van der Waals surface area contributed by atoms with Crippen molar-refractivity contribution in [1.29, 1.82) is 0 Å². The number of aliphatic hydroxyl groups is 1. The number of piperidine rings is 1. The Balaban J connectivity index is 1.29. The van der Waals surface area contributed by atoms with Crippen LogP contribution in [0.3, 0.4) is 0 Å². The molecular formula is C30H35ClN2O3. The molecule has 1 saturated heterocycles. The van der Waals surface area contributed by atoms with Crippen LogP contribution in [0.4, 0.5) is 0 Å². The zero-order valence-electron chi connectivity index (χ0n) is 20.9. The van der Waals surface area contributed by atoms with Crippen LogP contribution in [0.2, 0.25) is 5.02 Å². The van der Waals surface area contributed by atoms with Crippen LogP contribution in [-0.2, 0) is 5.60 Å². The van der Waals surface area contributed by atoms with Crippen molar-refractivity contribution in [3.05, 3.63) is 76.8 Å². The van der Waals surface area contributed by atoms with Gasteiger partial charge in [-0.05, 0) is 73.2 Å². The summed E-state index contributed by atoms with van der Waals surface area (Å²) in [5, 5.41) is 11.9. The van der Waals surface area contributed by atoms with Gasteiger partial charge in [0.25, 0.3) is 0 Å². The number of rotatable bonds is 7. The molecule has 1 fully saturated rings. The number of hydrogen-bond donors (Lipinski definition) is 1. The average Bonchev–Trinajstić information content (AvgIpc) is 3.06. The second-order valence-corrected chi connectivity index (χ2v) is 10.4. The molecule has 0 amide bonds. The average molecular weight is 507 g/mol. The minimum absolute atomic E-state index is 0.0815. The normalized spacial score (nSPS) is 24.0. The summed E-state index contributed by atoms with van der Waals surface area (Å²) < 4.78 is 12.1. The predicted molar refractivity (Wildman–Crippen MR) is 146 cm³/mol. The molecule has 2 unspecified atom stereocenters. The van der Waals surface area contributed by atoms with E-state index in [0.29, 0.717) is 18.2 Å². The second-order valence-electron chi connectivity index (χ2n) is 9.92. The fraction of sp³-hybridized carbons (Fsp3) is 0.433. The highest BCUT2D eigenvalue weighted by Gasteiger charge is 2.34. The Hall–Kier alpha value is -2.60. The van der Waals surface area contributed by atoms with E-state index in [-0.39, 0.29) is 12.0 Å². The largest absolute Gasteiger partial charge is 0.494 e.